The summed E-state index contributed by atoms with van der Waals surface area (Å²) in [6.07, 6.45) is 7.09. The molecule has 1 aliphatic carbocycles. The Hall–Kier alpha value is -0.340. The zero-order valence-corrected chi connectivity index (χ0v) is 4.63. The molecule has 0 aromatic rings. The molecule has 2 heteroatoms. The smallest absolute Gasteiger partial charge is 0.0972 e. The summed E-state index contributed by atoms with van der Waals surface area (Å²) in [6.45, 7) is 0. The van der Waals surface area contributed by atoms with E-state index in [2.05, 4.69) is 17.6 Å². The number of hydroxylamine groups is 1. The quantitative estimate of drug-likeness (QED) is 0.462. The van der Waals surface area contributed by atoms with Crippen molar-refractivity contribution in [2.45, 2.75) is 25.0 Å². The highest BCUT2D eigenvalue weighted by Gasteiger charge is 2.22. The number of hydrogen-bond acceptors (Lipinski definition) is 2. The van der Waals surface area contributed by atoms with Crippen LogP contribution in [0.2, 0.25) is 0 Å². The number of fused-ring (bicyclic) bond motifs is 2. The van der Waals surface area contributed by atoms with Gasteiger partial charge < -0.3 is 0 Å². The van der Waals surface area contributed by atoms with E-state index in [-0.39, 0.29) is 0 Å². The molecule has 0 unspecified atom stereocenters. The molecule has 44 valence electrons. The fourth-order valence-electron chi connectivity index (χ4n) is 1.17. The summed E-state index contributed by atoms with van der Waals surface area (Å²) in [4.78, 5) is 5.14. The van der Waals surface area contributed by atoms with Gasteiger partial charge in [0.15, 0.2) is 0 Å². The molecule has 3 rings (SSSR count). The van der Waals surface area contributed by atoms with Crippen molar-refractivity contribution < 1.29 is 4.84 Å². The van der Waals surface area contributed by atoms with Crippen LogP contribution in [0.1, 0.15) is 12.8 Å². The third-order valence-electron chi connectivity index (χ3n) is 1.69. The van der Waals surface area contributed by atoms with Crippen molar-refractivity contribution in [2.75, 3.05) is 0 Å². The zero-order valence-electron chi connectivity index (χ0n) is 4.63. The highest BCUT2D eigenvalue weighted by atomic mass is 16.7. The molecule has 0 saturated carbocycles. The Morgan fingerprint density at radius 3 is 2.50 bits per heavy atom. The minimum atomic E-state index is 0.361. The molecule has 2 nitrogen and oxygen atoms in total. The van der Waals surface area contributed by atoms with Gasteiger partial charge in [0.05, 0.1) is 12.1 Å². The zero-order chi connectivity index (χ0) is 5.40. The molecular weight excluding hydrogens is 102 g/mol. The summed E-state index contributed by atoms with van der Waals surface area (Å²) >= 11 is 0. The van der Waals surface area contributed by atoms with E-state index in [9.17, 15) is 0 Å². The van der Waals surface area contributed by atoms with Crippen molar-refractivity contribution in [1.29, 1.82) is 0 Å². The van der Waals surface area contributed by atoms with Gasteiger partial charge in [-0.05, 0) is 12.8 Å². The van der Waals surface area contributed by atoms with E-state index in [1.807, 2.05) is 0 Å². The maximum atomic E-state index is 5.14. The van der Waals surface area contributed by atoms with Gasteiger partial charge in [-0.3, -0.25) is 4.84 Å². The van der Waals surface area contributed by atoms with Crippen LogP contribution < -0.4 is 5.48 Å². The number of rotatable bonds is 0. The Morgan fingerprint density at radius 2 is 2.38 bits per heavy atom. The van der Waals surface area contributed by atoms with E-state index in [1.165, 1.54) is 12.8 Å². The Labute approximate surface area is 48.5 Å². The molecule has 0 radical (unpaired) electrons. The first-order valence-electron chi connectivity index (χ1n) is 3.04. The summed E-state index contributed by atoms with van der Waals surface area (Å²) in [5.74, 6) is 0. The molecule has 2 heterocycles. The summed E-state index contributed by atoms with van der Waals surface area (Å²) in [5.41, 5.74) is 2.93. The van der Waals surface area contributed by atoms with Crippen molar-refractivity contribution in [2.24, 2.45) is 0 Å². The van der Waals surface area contributed by atoms with Crippen LogP contribution in [0.5, 0.6) is 0 Å². The molecule has 2 bridgehead atoms. The van der Waals surface area contributed by atoms with Crippen molar-refractivity contribution in [3.63, 3.8) is 0 Å². The van der Waals surface area contributed by atoms with Gasteiger partial charge >= 0.3 is 0 Å². The Bertz CT molecular complexity index is 99.7. The average Bonchev–Trinajstić information content (AvgIpc) is 1.92. The van der Waals surface area contributed by atoms with E-state index in [0.717, 1.165) is 0 Å². The normalized spacial score (nSPS) is 43.0. The first-order valence-corrected chi connectivity index (χ1v) is 3.04. The summed E-state index contributed by atoms with van der Waals surface area (Å²) in [7, 11) is 0. The van der Waals surface area contributed by atoms with E-state index in [1.54, 1.807) is 0 Å². The van der Waals surface area contributed by atoms with Gasteiger partial charge in [-0.1, -0.05) is 12.2 Å². The lowest BCUT2D eigenvalue weighted by atomic mass is 10.00. The molecule has 3 aliphatic rings. The summed E-state index contributed by atoms with van der Waals surface area (Å²) in [6, 6.07) is 0.500. The van der Waals surface area contributed by atoms with Crippen LogP contribution in [-0.4, -0.2) is 12.1 Å². The fourth-order valence-corrected chi connectivity index (χ4v) is 1.17. The molecule has 0 amide bonds. The van der Waals surface area contributed by atoms with Crippen molar-refractivity contribution in [3.05, 3.63) is 12.2 Å². The van der Waals surface area contributed by atoms with Crippen LogP contribution in [0.4, 0.5) is 0 Å². The maximum absolute atomic E-state index is 5.14. The van der Waals surface area contributed by atoms with Crippen molar-refractivity contribution >= 4 is 0 Å². The second-order valence-electron chi connectivity index (χ2n) is 2.34. The van der Waals surface area contributed by atoms with Crippen LogP contribution >= 0.6 is 0 Å². The van der Waals surface area contributed by atoms with Crippen molar-refractivity contribution in [1.82, 2.24) is 5.48 Å². The molecular formula is C6H9NO. The predicted octanol–water partition coefficient (Wildman–Crippen LogP) is 0.608. The monoisotopic (exact) mass is 111 g/mol. The Kier molecular flexibility index (Phi) is 0.889. The van der Waals surface area contributed by atoms with Gasteiger partial charge in [-0.15, -0.1) is 0 Å². The molecule has 8 heavy (non-hydrogen) atoms. The fraction of sp³-hybridized carbons (Fsp3) is 0.667. The lowest BCUT2D eigenvalue weighted by Gasteiger charge is -2.30. The molecule has 1 saturated heterocycles. The van der Waals surface area contributed by atoms with E-state index < -0.39 is 0 Å². The lowest BCUT2D eigenvalue weighted by Crippen LogP contribution is -2.41. The van der Waals surface area contributed by atoms with Crippen LogP contribution in [0.25, 0.3) is 0 Å². The number of hydrogen-bond donors (Lipinski definition) is 1. The molecule has 2 atom stereocenters. The Balaban J connectivity index is 2.20. The number of nitrogens with one attached hydrogen (secondary N) is 1. The SMILES string of the molecule is C1=C[C@@H]2CC[C@@H]1NO2. The van der Waals surface area contributed by atoms with Crippen LogP contribution in [0.15, 0.2) is 12.2 Å². The van der Waals surface area contributed by atoms with Crippen LogP contribution in [0.3, 0.4) is 0 Å². The summed E-state index contributed by atoms with van der Waals surface area (Å²) in [5, 5.41) is 0. The van der Waals surface area contributed by atoms with E-state index in [0.29, 0.717) is 12.1 Å². The standard InChI is InChI=1S/C6H9NO/c1-3-6-4-2-5(1)7-8-6/h1,3,5-7H,2,4H2/t5-,6-/m1/s1. The Morgan fingerprint density at radius 1 is 1.38 bits per heavy atom. The van der Waals surface area contributed by atoms with Gasteiger partial charge in [0.1, 0.15) is 0 Å². The second kappa shape index (κ2) is 1.57. The molecule has 0 spiro atoms. The minimum absolute atomic E-state index is 0.361. The maximum Gasteiger partial charge on any atom is 0.0972 e. The van der Waals surface area contributed by atoms with Gasteiger partial charge in [0, 0.05) is 0 Å². The average molecular weight is 111 g/mol. The van der Waals surface area contributed by atoms with Gasteiger partial charge in [0.25, 0.3) is 0 Å². The van der Waals surface area contributed by atoms with Crippen molar-refractivity contribution in [3.8, 4) is 0 Å². The van der Waals surface area contributed by atoms with Gasteiger partial charge in [0.2, 0.25) is 0 Å². The third kappa shape index (κ3) is 0.572. The highest BCUT2D eigenvalue weighted by molar-refractivity contribution is 5.04. The first kappa shape index (κ1) is 4.53. The third-order valence-corrected chi connectivity index (χ3v) is 1.69. The molecule has 0 aromatic carbocycles. The summed E-state index contributed by atoms with van der Waals surface area (Å²) < 4.78 is 0. The molecule has 1 N–H and O–H groups in total. The molecule has 1 fully saturated rings. The largest absolute Gasteiger partial charge is 0.294 e. The van der Waals surface area contributed by atoms with E-state index in [4.69, 9.17) is 4.84 Å². The highest BCUT2D eigenvalue weighted by Crippen LogP contribution is 2.18. The molecule has 0 aromatic heterocycles. The topological polar surface area (TPSA) is 21.3 Å². The van der Waals surface area contributed by atoms with Crippen LogP contribution in [0, 0.1) is 0 Å². The van der Waals surface area contributed by atoms with Gasteiger partial charge in [-0.2, -0.15) is 5.48 Å². The molecule has 2 aliphatic heterocycles. The van der Waals surface area contributed by atoms with Gasteiger partial charge in [-0.25, -0.2) is 0 Å². The first-order chi connectivity index (χ1) is 3.95. The second-order valence-corrected chi connectivity index (χ2v) is 2.34. The van der Waals surface area contributed by atoms with Crippen LogP contribution in [-0.2, 0) is 4.84 Å². The minimum Gasteiger partial charge on any atom is -0.294 e. The van der Waals surface area contributed by atoms with E-state index >= 15 is 0 Å². The lowest BCUT2D eigenvalue weighted by molar-refractivity contribution is -0.0574. The predicted molar refractivity (Wildman–Crippen MR) is 30.2 cm³/mol.